The molecule has 24 heavy (non-hydrogen) atoms. The fourth-order valence-electron chi connectivity index (χ4n) is 3.33. The van der Waals surface area contributed by atoms with Crippen LogP contribution < -0.4 is 10.9 Å². The van der Waals surface area contributed by atoms with Crippen molar-refractivity contribution >= 4 is 27.5 Å². The van der Waals surface area contributed by atoms with E-state index in [1.807, 2.05) is 18.4 Å². The number of ether oxygens (including phenoxy) is 1. The second-order valence-electron chi connectivity index (χ2n) is 6.17. The van der Waals surface area contributed by atoms with Crippen LogP contribution in [0.4, 0.5) is 0 Å². The third-order valence-corrected chi connectivity index (χ3v) is 5.52. The van der Waals surface area contributed by atoms with Gasteiger partial charge in [0.25, 0.3) is 5.56 Å². The lowest BCUT2D eigenvalue weighted by Crippen LogP contribution is -2.55. The third-order valence-electron chi connectivity index (χ3n) is 4.63. The predicted molar refractivity (Wildman–Crippen MR) is 94.3 cm³/mol. The lowest BCUT2D eigenvalue weighted by Gasteiger charge is -2.35. The largest absolute Gasteiger partial charge is 0.465 e. The molecule has 130 valence electrons. The van der Waals surface area contributed by atoms with Gasteiger partial charge >= 0.3 is 5.97 Å². The van der Waals surface area contributed by atoms with Crippen molar-refractivity contribution in [3.63, 3.8) is 0 Å². The minimum absolute atomic E-state index is 0.0226. The molecule has 1 N–H and O–H groups in total. The normalized spacial score (nSPS) is 17.0. The van der Waals surface area contributed by atoms with E-state index in [1.165, 1.54) is 11.3 Å². The first-order valence-corrected chi connectivity index (χ1v) is 9.39. The standard InChI is InChI=1S/C17H23N3O3S/c1-2-23-16(22)17(7-4-3-5-8-17)19-9-10-20-12-18-13-6-11-24-14(13)15(20)21/h6,11-12,19H,2-5,7-10H2,1H3. The van der Waals surface area contributed by atoms with Gasteiger partial charge in [0, 0.05) is 13.1 Å². The molecule has 0 aliphatic heterocycles. The Morgan fingerprint density at radius 3 is 2.96 bits per heavy atom. The van der Waals surface area contributed by atoms with Crippen LogP contribution in [0.5, 0.6) is 0 Å². The van der Waals surface area contributed by atoms with Crippen LogP contribution in [0.3, 0.4) is 0 Å². The van der Waals surface area contributed by atoms with Gasteiger partial charge in [0.2, 0.25) is 0 Å². The molecule has 1 aliphatic rings. The monoisotopic (exact) mass is 349 g/mol. The average molecular weight is 349 g/mol. The molecule has 0 atom stereocenters. The zero-order valence-electron chi connectivity index (χ0n) is 13.9. The van der Waals surface area contributed by atoms with Gasteiger partial charge in [-0.05, 0) is 31.2 Å². The Labute approximate surface area is 144 Å². The van der Waals surface area contributed by atoms with Crippen LogP contribution in [0, 0.1) is 0 Å². The van der Waals surface area contributed by atoms with Crippen LogP contribution >= 0.6 is 11.3 Å². The number of carbonyl (C=O) groups is 1. The van der Waals surface area contributed by atoms with Crippen molar-refractivity contribution in [1.82, 2.24) is 14.9 Å². The van der Waals surface area contributed by atoms with Gasteiger partial charge < -0.3 is 10.1 Å². The van der Waals surface area contributed by atoms with Gasteiger partial charge in [-0.3, -0.25) is 14.2 Å². The molecule has 0 saturated heterocycles. The molecule has 0 unspecified atom stereocenters. The first kappa shape index (κ1) is 17.1. The molecule has 1 saturated carbocycles. The Balaban J connectivity index is 1.69. The molecule has 7 heteroatoms. The molecular weight excluding hydrogens is 326 g/mol. The molecular formula is C17H23N3O3S. The van der Waals surface area contributed by atoms with Crippen LogP contribution in [-0.2, 0) is 16.1 Å². The Hall–Kier alpha value is -1.73. The van der Waals surface area contributed by atoms with Gasteiger partial charge in [-0.25, -0.2) is 4.98 Å². The summed E-state index contributed by atoms with van der Waals surface area (Å²) < 4.78 is 7.56. The lowest BCUT2D eigenvalue weighted by molar-refractivity contribution is -0.152. The maximum atomic E-state index is 12.4. The number of fused-ring (bicyclic) bond motifs is 1. The van der Waals surface area contributed by atoms with E-state index >= 15 is 0 Å². The van der Waals surface area contributed by atoms with Crippen LogP contribution in [0.15, 0.2) is 22.6 Å². The highest BCUT2D eigenvalue weighted by Gasteiger charge is 2.40. The molecule has 2 aromatic rings. The van der Waals surface area contributed by atoms with Gasteiger partial charge in [-0.2, -0.15) is 0 Å². The number of esters is 1. The SMILES string of the molecule is CCOC(=O)C1(NCCn2cnc3ccsc3c2=O)CCCCC1. The van der Waals surface area contributed by atoms with Gasteiger partial charge in [0.15, 0.2) is 0 Å². The Morgan fingerprint density at radius 1 is 1.42 bits per heavy atom. The minimum atomic E-state index is -0.599. The highest BCUT2D eigenvalue weighted by Crippen LogP contribution is 2.29. The summed E-state index contributed by atoms with van der Waals surface area (Å²) in [5, 5.41) is 5.25. The van der Waals surface area contributed by atoms with Crippen molar-refractivity contribution < 1.29 is 9.53 Å². The summed E-state index contributed by atoms with van der Waals surface area (Å²) in [7, 11) is 0. The molecule has 0 radical (unpaired) electrons. The van der Waals surface area contributed by atoms with Crippen molar-refractivity contribution in [3.05, 3.63) is 28.1 Å². The highest BCUT2D eigenvalue weighted by atomic mass is 32.1. The Kier molecular flexibility index (Phi) is 5.30. The molecule has 6 nitrogen and oxygen atoms in total. The van der Waals surface area contributed by atoms with E-state index in [0.29, 0.717) is 24.4 Å². The van der Waals surface area contributed by atoms with Crippen molar-refractivity contribution in [2.75, 3.05) is 13.2 Å². The number of carbonyl (C=O) groups excluding carboxylic acids is 1. The van der Waals surface area contributed by atoms with E-state index in [4.69, 9.17) is 4.74 Å². The Bertz CT molecular complexity index is 762. The number of rotatable bonds is 6. The average Bonchev–Trinajstić information content (AvgIpc) is 3.07. The van der Waals surface area contributed by atoms with Crippen molar-refractivity contribution in [2.24, 2.45) is 0 Å². The smallest absolute Gasteiger partial charge is 0.326 e. The zero-order valence-corrected chi connectivity index (χ0v) is 14.7. The molecule has 0 spiro atoms. The predicted octanol–water partition coefficient (Wildman–Crippen LogP) is 2.31. The van der Waals surface area contributed by atoms with Crippen LogP contribution in [-0.4, -0.2) is 34.2 Å². The van der Waals surface area contributed by atoms with Crippen LogP contribution in [0.25, 0.3) is 10.2 Å². The van der Waals surface area contributed by atoms with Gasteiger partial charge in [0.1, 0.15) is 10.2 Å². The summed E-state index contributed by atoms with van der Waals surface area (Å²) in [6.07, 6.45) is 6.37. The van der Waals surface area contributed by atoms with E-state index < -0.39 is 5.54 Å². The van der Waals surface area contributed by atoms with Gasteiger partial charge in [-0.1, -0.05) is 19.3 Å². The molecule has 0 aromatic carbocycles. The van der Waals surface area contributed by atoms with Crippen LogP contribution in [0.1, 0.15) is 39.0 Å². The second-order valence-corrected chi connectivity index (χ2v) is 7.08. The first-order chi connectivity index (χ1) is 11.7. The third kappa shape index (κ3) is 3.37. The second kappa shape index (κ2) is 7.44. The maximum absolute atomic E-state index is 12.4. The molecule has 1 aliphatic carbocycles. The molecule has 0 bridgehead atoms. The molecule has 0 amide bonds. The number of nitrogens with one attached hydrogen (secondary N) is 1. The van der Waals surface area contributed by atoms with E-state index in [-0.39, 0.29) is 11.5 Å². The van der Waals surface area contributed by atoms with E-state index in [0.717, 1.165) is 37.6 Å². The van der Waals surface area contributed by atoms with Crippen molar-refractivity contribution in [1.29, 1.82) is 0 Å². The summed E-state index contributed by atoms with van der Waals surface area (Å²) in [6.45, 7) is 3.24. The van der Waals surface area contributed by atoms with Crippen LogP contribution in [0.2, 0.25) is 0 Å². The minimum Gasteiger partial charge on any atom is -0.465 e. The maximum Gasteiger partial charge on any atom is 0.326 e. The number of thiophene rings is 1. The number of hydrogen-bond donors (Lipinski definition) is 1. The molecule has 2 aromatic heterocycles. The fourth-order valence-corrected chi connectivity index (χ4v) is 4.12. The summed E-state index contributed by atoms with van der Waals surface area (Å²) in [5.41, 5.74) is 0.119. The first-order valence-electron chi connectivity index (χ1n) is 8.51. The van der Waals surface area contributed by atoms with Gasteiger partial charge in [-0.15, -0.1) is 11.3 Å². The number of aromatic nitrogens is 2. The summed E-state index contributed by atoms with van der Waals surface area (Å²) in [4.78, 5) is 29.1. The molecule has 1 fully saturated rings. The molecule has 3 rings (SSSR count). The lowest BCUT2D eigenvalue weighted by atomic mass is 9.81. The van der Waals surface area contributed by atoms with Crippen molar-refractivity contribution in [3.8, 4) is 0 Å². The fraction of sp³-hybridized carbons (Fsp3) is 0.588. The van der Waals surface area contributed by atoms with E-state index in [9.17, 15) is 9.59 Å². The van der Waals surface area contributed by atoms with E-state index in [2.05, 4.69) is 10.3 Å². The highest BCUT2D eigenvalue weighted by molar-refractivity contribution is 7.17. The van der Waals surface area contributed by atoms with Crippen molar-refractivity contribution in [2.45, 2.75) is 51.1 Å². The summed E-state index contributed by atoms with van der Waals surface area (Å²) in [5.74, 6) is -0.163. The van der Waals surface area contributed by atoms with E-state index in [1.54, 1.807) is 10.9 Å². The summed E-state index contributed by atoms with van der Waals surface area (Å²) >= 11 is 1.41. The topological polar surface area (TPSA) is 73.2 Å². The zero-order chi connectivity index (χ0) is 17.0. The molecule has 2 heterocycles. The Morgan fingerprint density at radius 2 is 2.21 bits per heavy atom. The quantitative estimate of drug-likeness (QED) is 0.810. The summed E-state index contributed by atoms with van der Waals surface area (Å²) in [6, 6.07) is 1.85. The van der Waals surface area contributed by atoms with Gasteiger partial charge in [0.05, 0.1) is 18.5 Å². The number of nitrogens with zero attached hydrogens (tertiary/aromatic N) is 2. The number of hydrogen-bond acceptors (Lipinski definition) is 6.